The zero-order valence-corrected chi connectivity index (χ0v) is 8.03. The summed E-state index contributed by atoms with van der Waals surface area (Å²) in [7, 11) is 0. The Kier molecular flexibility index (Phi) is 2.41. The molecule has 0 aliphatic rings. The number of nitrogens with zero attached hydrogens (tertiary/aromatic N) is 2. The van der Waals surface area contributed by atoms with Crippen LogP contribution in [0.15, 0.2) is 24.5 Å². The molecule has 0 unspecified atom stereocenters. The summed E-state index contributed by atoms with van der Waals surface area (Å²) in [6.45, 7) is -1.14. The van der Waals surface area contributed by atoms with Gasteiger partial charge in [-0.15, -0.1) is 0 Å². The molecule has 6 heteroatoms. The van der Waals surface area contributed by atoms with Gasteiger partial charge in [0.25, 0.3) is 0 Å². The van der Waals surface area contributed by atoms with E-state index < -0.39 is 12.7 Å². The van der Waals surface area contributed by atoms with Crippen molar-refractivity contribution in [3.05, 3.63) is 30.1 Å². The van der Waals surface area contributed by atoms with E-state index in [1.165, 1.54) is 6.20 Å². The Balaban J connectivity index is 2.58. The topological polar surface area (TPSA) is 34.9 Å². The van der Waals surface area contributed by atoms with Gasteiger partial charge >= 0.3 is 6.18 Å². The Morgan fingerprint density at radius 2 is 2.19 bits per heavy atom. The SMILES string of the molecule is O=Cc1cn(CC(F)(F)F)c2ncccc12. The van der Waals surface area contributed by atoms with E-state index in [9.17, 15) is 18.0 Å². The number of hydrogen-bond donors (Lipinski definition) is 0. The van der Waals surface area contributed by atoms with Gasteiger partial charge in [0.1, 0.15) is 12.2 Å². The number of pyridine rings is 1. The molecule has 2 aromatic rings. The number of alkyl halides is 3. The number of aldehydes is 1. The van der Waals surface area contributed by atoms with Crippen LogP contribution in [0.3, 0.4) is 0 Å². The molecule has 0 aliphatic heterocycles. The number of aromatic nitrogens is 2. The van der Waals surface area contributed by atoms with Gasteiger partial charge in [-0.2, -0.15) is 13.2 Å². The van der Waals surface area contributed by atoms with Crippen molar-refractivity contribution in [3.8, 4) is 0 Å². The molecule has 0 saturated carbocycles. The van der Waals surface area contributed by atoms with Gasteiger partial charge in [-0.25, -0.2) is 4.98 Å². The standard InChI is InChI=1S/C10H7F3N2O/c11-10(12,13)6-15-4-7(5-16)8-2-1-3-14-9(8)15/h1-5H,6H2. The molecule has 0 fully saturated rings. The molecule has 0 bridgehead atoms. The zero-order valence-electron chi connectivity index (χ0n) is 8.03. The van der Waals surface area contributed by atoms with Crippen LogP contribution in [-0.4, -0.2) is 22.0 Å². The van der Waals surface area contributed by atoms with Crippen LogP contribution < -0.4 is 0 Å². The maximum atomic E-state index is 12.2. The maximum Gasteiger partial charge on any atom is 0.406 e. The highest BCUT2D eigenvalue weighted by Crippen LogP contribution is 2.23. The highest BCUT2D eigenvalue weighted by atomic mass is 19.4. The van der Waals surface area contributed by atoms with Crippen LogP contribution in [0.25, 0.3) is 11.0 Å². The van der Waals surface area contributed by atoms with E-state index in [1.54, 1.807) is 12.1 Å². The zero-order chi connectivity index (χ0) is 11.8. The van der Waals surface area contributed by atoms with Crippen molar-refractivity contribution in [2.45, 2.75) is 12.7 Å². The largest absolute Gasteiger partial charge is 0.406 e. The minimum absolute atomic E-state index is 0.168. The van der Waals surface area contributed by atoms with Crippen LogP contribution in [0.5, 0.6) is 0 Å². The smallest absolute Gasteiger partial charge is 0.323 e. The Morgan fingerprint density at radius 1 is 1.44 bits per heavy atom. The second-order valence-corrected chi connectivity index (χ2v) is 3.32. The minimum atomic E-state index is -4.33. The number of halogens is 3. The molecule has 3 nitrogen and oxygen atoms in total. The molecular formula is C10H7F3N2O. The summed E-state index contributed by atoms with van der Waals surface area (Å²) in [6.07, 6.45) is -1.25. The summed E-state index contributed by atoms with van der Waals surface area (Å²) >= 11 is 0. The molecule has 0 radical (unpaired) electrons. The first-order chi connectivity index (χ1) is 7.51. The fourth-order valence-electron chi connectivity index (χ4n) is 1.56. The minimum Gasteiger partial charge on any atom is -0.323 e. The summed E-state index contributed by atoms with van der Waals surface area (Å²) in [6, 6.07) is 3.15. The monoisotopic (exact) mass is 228 g/mol. The van der Waals surface area contributed by atoms with E-state index >= 15 is 0 Å². The van der Waals surface area contributed by atoms with Crippen LogP contribution in [0, 0.1) is 0 Å². The van der Waals surface area contributed by atoms with E-state index in [0.717, 1.165) is 10.8 Å². The van der Waals surface area contributed by atoms with Gasteiger partial charge in [0.15, 0.2) is 6.29 Å². The second-order valence-electron chi connectivity index (χ2n) is 3.32. The van der Waals surface area contributed by atoms with Gasteiger partial charge in [0, 0.05) is 23.3 Å². The molecule has 0 N–H and O–H groups in total. The van der Waals surface area contributed by atoms with Crippen LogP contribution >= 0.6 is 0 Å². The highest BCUT2D eigenvalue weighted by Gasteiger charge is 2.29. The lowest BCUT2D eigenvalue weighted by atomic mass is 10.2. The molecular weight excluding hydrogens is 221 g/mol. The van der Waals surface area contributed by atoms with Crippen LogP contribution in [0.4, 0.5) is 13.2 Å². The van der Waals surface area contributed by atoms with E-state index in [2.05, 4.69) is 4.98 Å². The first-order valence-electron chi connectivity index (χ1n) is 4.47. The first kappa shape index (κ1) is 10.7. The number of hydrogen-bond acceptors (Lipinski definition) is 2. The lowest BCUT2D eigenvalue weighted by Crippen LogP contribution is -2.17. The van der Waals surface area contributed by atoms with E-state index in [0.29, 0.717) is 11.7 Å². The summed E-state index contributed by atoms with van der Waals surface area (Å²) < 4.78 is 37.7. The highest BCUT2D eigenvalue weighted by molar-refractivity contribution is 5.95. The van der Waals surface area contributed by atoms with E-state index in [1.807, 2.05) is 0 Å². The third-order valence-electron chi connectivity index (χ3n) is 2.14. The fraction of sp³-hybridized carbons (Fsp3) is 0.200. The fourth-order valence-corrected chi connectivity index (χ4v) is 1.56. The molecule has 2 aromatic heterocycles. The Labute approximate surface area is 88.5 Å². The predicted molar refractivity (Wildman–Crippen MR) is 51.2 cm³/mol. The van der Waals surface area contributed by atoms with Crippen LogP contribution in [0.1, 0.15) is 10.4 Å². The molecule has 0 aliphatic carbocycles. The molecule has 0 spiro atoms. The molecule has 84 valence electrons. The summed E-state index contributed by atoms with van der Waals surface area (Å²) in [4.78, 5) is 14.5. The maximum absolute atomic E-state index is 12.2. The summed E-state index contributed by atoms with van der Waals surface area (Å²) in [5.41, 5.74) is 0.384. The number of carbonyl (C=O) groups is 1. The van der Waals surface area contributed by atoms with Crippen LogP contribution in [0.2, 0.25) is 0 Å². The number of carbonyl (C=O) groups excluding carboxylic acids is 1. The van der Waals surface area contributed by atoms with Crippen LogP contribution in [-0.2, 0) is 6.54 Å². The van der Waals surface area contributed by atoms with Gasteiger partial charge < -0.3 is 4.57 Å². The molecule has 0 saturated heterocycles. The van der Waals surface area contributed by atoms with Crippen molar-refractivity contribution in [2.24, 2.45) is 0 Å². The number of rotatable bonds is 2. The Bertz CT molecular complexity index is 530. The lowest BCUT2D eigenvalue weighted by molar-refractivity contribution is -0.139. The van der Waals surface area contributed by atoms with Crippen molar-refractivity contribution in [3.63, 3.8) is 0 Å². The average molecular weight is 228 g/mol. The third-order valence-corrected chi connectivity index (χ3v) is 2.14. The van der Waals surface area contributed by atoms with E-state index in [4.69, 9.17) is 0 Å². The molecule has 16 heavy (non-hydrogen) atoms. The van der Waals surface area contributed by atoms with Gasteiger partial charge in [-0.3, -0.25) is 4.79 Å². The molecule has 0 aromatic carbocycles. The van der Waals surface area contributed by atoms with Gasteiger partial charge in [-0.1, -0.05) is 0 Å². The normalized spacial score (nSPS) is 11.9. The van der Waals surface area contributed by atoms with Gasteiger partial charge in [0.2, 0.25) is 0 Å². The van der Waals surface area contributed by atoms with Gasteiger partial charge in [0.05, 0.1) is 0 Å². The van der Waals surface area contributed by atoms with Crippen molar-refractivity contribution >= 4 is 17.3 Å². The number of fused-ring (bicyclic) bond motifs is 1. The molecule has 0 amide bonds. The van der Waals surface area contributed by atoms with Crippen molar-refractivity contribution in [1.29, 1.82) is 0 Å². The first-order valence-corrected chi connectivity index (χ1v) is 4.47. The lowest BCUT2D eigenvalue weighted by Gasteiger charge is -2.07. The molecule has 2 rings (SSSR count). The molecule has 0 atom stereocenters. The average Bonchev–Trinajstić information content (AvgIpc) is 2.55. The van der Waals surface area contributed by atoms with Crippen molar-refractivity contribution < 1.29 is 18.0 Å². The second kappa shape index (κ2) is 3.62. The van der Waals surface area contributed by atoms with Gasteiger partial charge in [-0.05, 0) is 12.1 Å². The third kappa shape index (κ3) is 1.91. The van der Waals surface area contributed by atoms with Crippen molar-refractivity contribution in [1.82, 2.24) is 9.55 Å². The molecule has 2 heterocycles. The summed E-state index contributed by atoms with van der Waals surface area (Å²) in [5.74, 6) is 0. The predicted octanol–water partition coefficient (Wildman–Crippen LogP) is 2.41. The van der Waals surface area contributed by atoms with Crippen molar-refractivity contribution in [2.75, 3.05) is 0 Å². The summed E-state index contributed by atoms with van der Waals surface area (Å²) in [5, 5.41) is 0.432. The quantitative estimate of drug-likeness (QED) is 0.740. The van der Waals surface area contributed by atoms with E-state index in [-0.39, 0.29) is 11.2 Å². The Hall–Kier alpha value is -1.85. The Morgan fingerprint density at radius 3 is 2.81 bits per heavy atom.